The fourth-order valence-electron chi connectivity index (χ4n) is 1.55. The van der Waals surface area contributed by atoms with Gasteiger partial charge in [0.2, 0.25) is 5.91 Å². The van der Waals surface area contributed by atoms with Gasteiger partial charge in [0, 0.05) is 24.6 Å². The maximum Gasteiger partial charge on any atom is 0.239 e. The summed E-state index contributed by atoms with van der Waals surface area (Å²) in [6.45, 7) is 0.619. The third-order valence-corrected chi connectivity index (χ3v) is 3.32. The summed E-state index contributed by atoms with van der Waals surface area (Å²) in [5.74, 6) is -0.111. The van der Waals surface area contributed by atoms with Gasteiger partial charge in [0.05, 0.1) is 16.6 Å². The quantitative estimate of drug-likeness (QED) is 0.892. The number of nitrogens with zero attached hydrogens (tertiary/aromatic N) is 1. The lowest BCUT2D eigenvalue weighted by Gasteiger charge is -2.08. The van der Waals surface area contributed by atoms with Crippen molar-refractivity contribution < 1.29 is 4.79 Å². The molecule has 104 valence electrons. The van der Waals surface area contributed by atoms with Crippen molar-refractivity contribution in [2.24, 2.45) is 0 Å². The highest BCUT2D eigenvalue weighted by Gasteiger charge is 2.03. The van der Waals surface area contributed by atoms with Crippen molar-refractivity contribution in [1.29, 1.82) is 0 Å². The number of anilines is 1. The Balaban J connectivity index is 1.79. The largest absolute Gasteiger partial charge is 0.376 e. The molecule has 1 aromatic carbocycles. The molecule has 2 aromatic rings. The Morgan fingerprint density at radius 3 is 2.75 bits per heavy atom. The molecule has 1 heterocycles. The highest BCUT2D eigenvalue weighted by molar-refractivity contribution is 6.42. The molecule has 0 fully saturated rings. The summed E-state index contributed by atoms with van der Waals surface area (Å²) in [4.78, 5) is 15.7. The summed E-state index contributed by atoms with van der Waals surface area (Å²) in [7, 11) is 0. The zero-order valence-electron chi connectivity index (χ0n) is 10.6. The maximum absolute atomic E-state index is 11.7. The lowest BCUT2D eigenvalue weighted by atomic mass is 10.3. The van der Waals surface area contributed by atoms with Gasteiger partial charge >= 0.3 is 0 Å². The molecule has 0 atom stereocenters. The second-order valence-electron chi connectivity index (χ2n) is 4.12. The first-order valence-corrected chi connectivity index (χ1v) is 6.75. The number of nitrogens with one attached hydrogen (secondary N) is 2. The Morgan fingerprint density at radius 2 is 2.05 bits per heavy atom. The Hall–Kier alpha value is -1.78. The second kappa shape index (κ2) is 7.12. The topological polar surface area (TPSA) is 54.0 Å². The van der Waals surface area contributed by atoms with Gasteiger partial charge in [0.25, 0.3) is 0 Å². The molecular weight excluding hydrogens is 297 g/mol. The maximum atomic E-state index is 11.7. The molecule has 20 heavy (non-hydrogen) atoms. The number of rotatable bonds is 5. The Bertz CT molecular complexity index is 590. The van der Waals surface area contributed by atoms with Crippen molar-refractivity contribution in [2.45, 2.75) is 6.54 Å². The number of amides is 1. The fourth-order valence-corrected chi connectivity index (χ4v) is 1.85. The normalized spacial score (nSPS) is 10.1. The molecule has 0 spiro atoms. The number of hydrogen-bond acceptors (Lipinski definition) is 3. The summed E-state index contributed by atoms with van der Waals surface area (Å²) in [5.41, 5.74) is 1.70. The highest BCUT2D eigenvalue weighted by Crippen LogP contribution is 2.24. The van der Waals surface area contributed by atoms with Gasteiger partial charge < -0.3 is 10.6 Å². The Kier molecular flexibility index (Phi) is 5.21. The van der Waals surface area contributed by atoms with Crippen LogP contribution in [0.15, 0.2) is 42.7 Å². The number of hydrogen-bond donors (Lipinski definition) is 2. The number of aromatic nitrogens is 1. The van der Waals surface area contributed by atoms with E-state index in [1.165, 1.54) is 0 Å². The van der Waals surface area contributed by atoms with Crippen LogP contribution in [-0.2, 0) is 11.3 Å². The van der Waals surface area contributed by atoms with E-state index in [0.717, 1.165) is 11.3 Å². The summed E-state index contributed by atoms with van der Waals surface area (Å²) in [5, 5.41) is 6.71. The number of benzene rings is 1. The van der Waals surface area contributed by atoms with Gasteiger partial charge in [-0.25, -0.2) is 0 Å². The van der Waals surface area contributed by atoms with E-state index < -0.39 is 0 Å². The molecule has 0 bridgehead atoms. The molecule has 1 amide bonds. The summed E-state index contributed by atoms with van der Waals surface area (Å²) < 4.78 is 0. The van der Waals surface area contributed by atoms with E-state index in [2.05, 4.69) is 15.6 Å². The monoisotopic (exact) mass is 309 g/mol. The van der Waals surface area contributed by atoms with Crippen LogP contribution in [-0.4, -0.2) is 17.4 Å². The predicted octanol–water partition coefficient (Wildman–Crippen LogP) is 3.12. The fraction of sp³-hybridized carbons (Fsp3) is 0.143. The molecule has 0 radical (unpaired) electrons. The van der Waals surface area contributed by atoms with Gasteiger partial charge in [-0.05, 0) is 29.8 Å². The first-order chi connectivity index (χ1) is 9.65. The number of halogens is 2. The summed E-state index contributed by atoms with van der Waals surface area (Å²) in [6.07, 6.45) is 3.41. The van der Waals surface area contributed by atoms with Gasteiger partial charge in [-0.1, -0.05) is 29.3 Å². The van der Waals surface area contributed by atoms with E-state index in [1.807, 2.05) is 12.1 Å². The third kappa shape index (κ3) is 4.40. The Labute approximate surface area is 127 Å². The van der Waals surface area contributed by atoms with Gasteiger partial charge in [-0.15, -0.1) is 0 Å². The molecule has 0 aliphatic heterocycles. The average Bonchev–Trinajstić information content (AvgIpc) is 2.47. The first kappa shape index (κ1) is 14.6. The van der Waals surface area contributed by atoms with Crippen LogP contribution in [0.3, 0.4) is 0 Å². The van der Waals surface area contributed by atoms with Crippen LogP contribution in [0.1, 0.15) is 5.56 Å². The average molecular weight is 310 g/mol. The SMILES string of the molecule is O=C(CNc1ccc(Cl)c(Cl)c1)NCc1cccnc1. The van der Waals surface area contributed by atoms with Gasteiger partial charge in [-0.2, -0.15) is 0 Å². The van der Waals surface area contributed by atoms with Crippen molar-refractivity contribution in [1.82, 2.24) is 10.3 Å². The van der Waals surface area contributed by atoms with Crippen LogP contribution in [0.5, 0.6) is 0 Å². The van der Waals surface area contributed by atoms with E-state index in [9.17, 15) is 4.79 Å². The summed E-state index contributed by atoms with van der Waals surface area (Å²) in [6, 6.07) is 8.86. The minimum absolute atomic E-state index is 0.111. The molecule has 0 saturated heterocycles. The molecule has 2 N–H and O–H groups in total. The zero-order valence-corrected chi connectivity index (χ0v) is 12.1. The first-order valence-electron chi connectivity index (χ1n) is 5.99. The van der Waals surface area contributed by atoms with Crippen molar-refractivity contribution in [3.8, 4) is 0 Å². The zero-order chi connectivity index (χ0) is 14.4. The van der Waals surface area contributed by atoms with Gasteiger partial charge in [0.15, 0.2) is 0 Å². The van der Waals surface area contributed by atoms with Crippen molar-refractivity contribution >= 4 is 34.8 Å². The second-order valence-corrected chi connectivity index (χ2v) is 4.93. The molecule has 0 saturated carbocycles. The predicted molar refractivity (Wildman–Crippen MR) is 81.0 cm³/mol. The number of pyridine rings is 1. The van der Waals surface area contributed by atoms with Crippen LogP contribution in [0.4, 0.5) is 5.69 Å². The third-order valence-electron chi connectivity index (χ3n) is 2.59. The van der Waals surface area contributed by atoms with E-state index in [1.54, 1.807) is 30.6 Å². The van der Waals surface area contributed by atoms with Crippen LogP contribution in [0.2, 0.25) is 10.0 Å². The number of carbonyl (C=O) groups is 1. The Morgan fingerprint density at radius 1 is 1.20 bits per heavy atom. The van der Waals surface area contributed by atoms with Crippen molar-refractivity contribution in [3.63, 3.8) is 0 Å². The van der Waals surface area contributed by atoms with Gasteiger partial charge in [0.1, 0.15) is 0 Å². The molecule has 1 aromatic heterocycles. The highest BCUT2D eigenvalue weighted by atomic mass is 35.5. The molecule has 0 aliphatic carbocycles. The van der Waals surface area contributed by atoms with Crippen LogP contribution >= 0.6 is 23.2 Å². The van der Waals surface area contributed by atoms with E-state index in [-0.39, 0.29) is 12.5 Å². The summed E-state index contributed by atoms with van der Waals surface area (Å²) >= 11 is 11.7. The molecule has 0 unspecified atom stereocenters. The van der Waals surface area contributed by atoms with Crippen LogP contribution in [0.25, 0.3) is 0 Å². The minimum atomic E-state index is -0.111. The van der Waals surface area contributed by atoms with Crippen LogP contribution in [0, 0.1) is 0 Å². The van der Waals surface area contributed by atoms with E-state index in [0.29, 0.717) is 16.6 Å². The molecule has 6 heteroatoms. The number of carbonyl (C=O) groups excluding carboxylic acids is 1. The van der Waals surface area contributed by atoms with Gasteiger partial charge in [-0.3, -0.25) is 9.78 Å². The van der Waals surface area contributed by atoms with Crippen molar-refractivity contribution in [2.75, 3.05) is 11.9 Å². The molecule has 0 aliphatic rings. The lowest BCUT2D eigenvalue weighted by Crippen LogP contribution is -2.29. The lowest BCUT2D eigenvalue weighted by molar-refractivity contribution is -0.119. The van der Waals surface area contributed by atoms with E-state index >= 15 is 0 Å². The molecule has 2 rings (SSSR count). The smallest absolute Gasteiger partial charge is 0.239 e. The van der Waals surface area contributed by atoms with Crippen LogP contribution < -0.4 is 10.6 Å². The molecule has 4 nitrogen and oxygen atoms in total. The molecular formula is C14H13Cl2N3O. The van der Waals surface area contributed by atoms with E-state index in [4.69, 9.17) is 23.2 Å². The van der Waals surface area contributed by atoms with Crippen molar-refractivity contribution in [3.05, 3.63) is 58.3 Å². The standard InChI is InChI=1S/C14H13Cl2N3O/c15-12-4-3-11(6-13(12)16)18-9-14(20)19-8-10-2-1-5-17-7-10/h1-7,18H,8-9H2,(H,19,20). The minimum Gasteiger partial charge on any atom is -0.376 e.